The highest BCUT2D eigenvalue weighted by atomic mass is 16.7. The smallest absolute Gasteiger partial charge is 0.444 e. The van der Waals surface area contributed by atoms with Crippen LogP contribution < -0.4 is 0 Å². The zero-order valence-electron chi connectivity index (χ0n) is 15.5. The summed E-state index contributed by atoms with van der Waals surface area (Å²) in [5, 5.41) is 0. The lowest BCUT2D eigenvalue weighted by Gasteiger charge is -2.55. The molecule has 2 unspecified atom stereocenters. The van der Waals surface area contributed by atoms with E-state index in [4.69, 9.17) is 14.0 Å². The van der Waals surface area contributed by atoms with Gasteiger partial charge in [-0.3, -0.25) is 0 Å². The molecule has 130 valence electrons. The van der Waals surface area contributed by atoms with Crippen LogP contribution in [0.5, 0.6) is 0 Å². The Morgan fingerprint density at radius 3 is 1.96 bits per heavy atom. The Balaban J connectivity index is 1.61. The van der Waals surface area contributed by atoms with Gasteiger partial charge in [-0.05, 0) is 73.5 Å². The average molecular weight is 323 g/mol. The molecule has 0 aromatic heterocycles. The summed E-state index contributed by atoms with van der Waals surface area (Å²) < 4.78 is 17.9. The van der Waals surface area contributed by atoms with Gasteiger partial charge in [0, 0.05) is 12.1 Å². The third-order valence-corrected chi connectivity index (χ3v) is 5.74. The standard InChI is InChI=1S/C17H30BNO4/c1-15(2,3)21-14(20)19-12-8-11(9-13(19)10-12)18-22-16(4,5)17(6,7)23-18/h11-13H,8-10H2,1-7H3. The molecule has 0 radical (unpaired) electrons. The van der Waals surface area contributed by atoms with Crippen molar-refractivity contribution in [1.82, 2.24) is 4.90 Å². The van der Waals surface area contributed by atoms with E-state index in [1.54, 1.807) is 0 Å². The van der Waals surface area contributed by atoms with Crippen LogP contribution in [0.4, 0.5) is 4.79 Å². The Morgan fingerprint density at radius 1 is 1.04 bits per heavy atom. The van der Waals surface area contributed by atoms with Crippen molar-refractivity contribution in [2.45, 2.75) is 102 Å². The molecule has 23 heavy (non-hydrogen) atoms. The highest BCUT2D eigenvalue weighted by molar-refractivity contribution is 6.47. The number of hydrogen-bond acceptors (Lipinski definition) is 4. The molecule has 1 amide bonds. The zero-order chi connectivity index (χ0) is 17.2. The molecule has 0 aromatic rings. The van der Waals surface area contributed by atoms with E-state index in [0.29, 0.717) is 5.82 Å². The predicted octanol–water partition coefficient (Wildman–Crippen LogP) is 3.62. The van der Waals surface area contributed by atoms with Crippen LogP contribution in [-0.4, -0.2) is 47.0 Å². The molecular formula is C17H30BNO4. The van der Waals surface area contributed by atoms with E-state index in [1.807, 2.05) is 25.7 Å². The summed E-state index contributed by atoms with van der Waals surface area (Å²) in [6, 6.07) is 0.542. The second-order valence-electron chi connectivity index (χ2n) is 9.29. The monoisotopic (exact) mass is 323 g/mol. The van der Waals surface area contributed by atoms with Gasteiger partial charge in [0.25, 0.3) is 0 Å². The fraction of sp³-hybridized carbons (Fsp3) is 0.941. The molecule has 2 bridgehead atoms. The van der Waals surface area contributed by atoms with Gasteiger partial charge in [0.2, 0.25) is 0 Å². The van der Waals surface area contributed by atoms with Gasteiger partial charge in [0.1, 0.15) is 5.60 Å². The molecule has 3 saturated heterocycles. The van der Waals surface area contributed by atoms with E-state index < -0.39 is 5.60 Å². The lowest BCUT2D eigenvalue weighted by Crippen LogP contribution is -2.64. The van der Waals surface area contributed by atoms with Crippen LogP contribution in [0.2, 0.25) is 5.82 Å². The predicted molar refractivity (Wildman–Crippen MR) is 89.3 cm³/mol. The number of fused-ring (bicyclic) bond motifs is 2. The minimum absolute atomic E-state index is 0.161. The zero-order valence-corrected chi connectivity index (χ0v) is 15.5. The third kappa shape index (κ3) is 3.00. The first-order valence-electron chi connectivity index (χ1n) is 8.76. The molecule has 1 saturated carbocycles. The van der Waals surface area contributed by atoms with Gasteiger partial charge in [0.05, 0.1) is 11.2 Å². The van der Waals surface area contributed by atoms with Crippen molar-refractivity contribution in [1.29, 1.82) is 0 Å². The number of carbonyl (C=O) groups excluding carboxylic acids is 1. The van der Waals surface area contributed by atoms with E-state index in [0.717, 1.165) is 19.3 Å². The number of ether oxygens (including phenoxy) is 1. The Hall–Kier alpha value is -0.745. The van der Waals surface area contributed by atoms with Crippen LogP contribution in [0.25, 0.3) is 0 Å². The molecular weight excluding hydrogens is 293 g/mol. The van der Waals surface area contributed by atoms with E-state index in [-0.39, 0.29) is 36.5 Å². The molecule has 4 rings (SSSR count). The molecule has 6 heteroatoms. The van der Waals surface area contributed by atoms with E-state index in [2.05, 4.69) is 27.7 Å². The molecule has 0 aromatic carbocycles. The topological polar surface area (TPSA) is 48.0 Å². The van der Waals surface area contributed by atoms with Gasteiger partial charge in [-0.25, -0.2) is 4.79 Å². The number of rotatable bonds is 1. The molecule has 4 fully saturated rings. The van der Waals surface area contributed by atoms with Crippen molar-refractivity contribution in [3.8, 4) is 0 Å². The number of hydrogen-bond donors (Lipinski definition) is 0. The summed E-state index contributed by atoms with van der Waals surface area (Å²) >= 11 is 0. The fourth-order valence-corrected chi connectivity index (χ4v) is 3.83. The molecule has 0 N–H and O–H groups in total. The number of amides is 1. The second kappa shape index (κ2) is 5.12. The number of piperidine rings is 1. The van der Waals surface area contributed by atoms with Crippen molar-refractivity contribution in [2.24, 2.45) is 0 Å². The van der Waals surface area contributed by atoms with Crippen LogP contribution in [0.1, 0.15) is 67.7 Å². The number of nitrogens with zero attached hydrogens (tertiary/aromatic N) is 1. The van der Waals surface area contributed by atoms with Crippen LogP contribution >= 0.6 is 0 Å². The number of carbonyl (C=O) groups is 1. The molecule has 0 spiro atoms. The summed E-state index contributed by atoms with van der Waals surface area (Å²) in [4.78, 5) is 14.3. The van der Waals surface area contributed by atoms with Crippen LogP contribution in [-0.2, 0) is 14.0 Å². The molecule has 2 atom stereocenters. The van der Waals surface area contributed by atoms with E-state index >= 15 is 0 Å². The maximum absolute atomic E-state index is 12.3. The van der Waals surface area contributed by atoms with Crippen molar-refractivity contribution in [2.75, 3.05) is 0 Å². The SMILES string of the molecule is CC(C)(C)OC(=O)N1C2CC(B3OC(C)(C)C(C)(C)O3)CC1C2. The quantitative estimate of drug-likeness (QED) is 0.692. The Kier molecular flexibility index (Phi) is 3.81. The molecule has 5 nitrogen and oxygen atoms in total. The first-order valence-corrected chi connectivity index (χ1v) is 8.76. The lowest BCUT2D eigenvalue weighted by atomic mass is 9.58. The lowest BCUT2D eigenvalue weighted by molar-refractivity contribution is -0.0535. The maximum Gasteiger partial charge on any atom is 0.461 e. The molecule has 1 aliphatic carbocycles. The van der Waals surface area contributed by atoms with E-state index in [1.165, 1.54) is 0 Å². The van der Waals surface area contributed by atoms with Crippen molar-refractivity contribution < 1.29 is 18.8 Å². The molecule has 3 aliphatic heterocycles. The van der Waals surface area contributed by atoms with Crippen molar-refractivity contribution >= 4 is 13.2 Å². The second-order valence-corrected chi connectivity index (χ2v) is 9.29. The Labute approximate surface area is 140 Å². The van der Waals surface area contributed by atoms with Gasteiger partial charge in [-0.1, -0.05) is 0 Å². The summed E-state index contributed by atoms with van der Waals surface area (Å²) in [6.45, 7) is 14.1. The van der Waals surface area contributed by atoms with Crippen LogP contribution in [0, 0.1) is 0 Å². The Morgan fingerprint density at radius 2 is 1.52 bits per heavy atom. The summed E-state index contributed by atoms with van der Waals surface area (Å²) in [5.41, 5.74) is -1.01. The molecule has 4 aliphatic rings. The first-order chi connectivity index (χ1) is 10.4. The van der Waals surface area contributed by atoms with Crippen molar-refractivity contribution in [3.63, 3.8) is 0 Å². The summed E-state index contributed by atoms with van der Waals surface area (Å²) in [5.74, 6) is 0.360. The summed E-state index contributed by atoms with van der Waals surface area (Å²) in [6.07, 6.45) is 2.78. The fourth-order valence-electron chi connectivity index (χ4n) is 3.83. The maximum atomic E-state index is 12.3. The average Bonchev–Trinajstić information content (AvgIpc) is 2.56. The van der Waals surface area contributed by atoms with Crippen molar-refractivity contribution in [3.05, 3.63) is 0 Å². The minimum atomic E-state index is -0.438. The molecule has 3 heterocycles. The van der Waals surface area contributed by atoms with Crippen LogP contribution in [0.3, 0.4) is 0 Å². The highest BCUT2D eigenvalue weighted by Crippen LogP contribution is 2.50. The summed E-state index contributed by atoms with van der Waals surface area (Å²) in [7, 11) is -0.161. The van der Waals surface area contributed by atoms with Gasteiger partial charge in [-0.15, -0.1) is 0 Å². The van der Waals surface area contributed by atoms with Gasteiger partial charge in [-0.2, -0.15) is 0 Å². The first kappa shape index (κ1) is 17.1. The normalized spacial score (nSPS) is 35.0. The van der Waals surface area contributed by atoms with Gasteiger partial charge in [0.15, 0.2) is 0 Å². The minimum Gasteiger partial charge on any atom is -0.444 e. The third-order valence-electron chi connectivity index (χ3n) is 5.74. The van der Waals surface area contributed by atoms with Crippen LogP contribution in [0.15, 0.2) is 0 Å². The highest BCUT2D eigenvalue weighted by Gasteiger charge is 2.58. The van der Waals surface area contributed by atoms with Gasteiger partial charge < -0.3 is 18.9 Å². The van der Waals surface area contributed by atoms with E-state index in [9.17, 15) is 4.79 Å². The Bertz CT molecular complexity index is 471. The van der Waals surface area contributed by atoms with Gasteiger partial charge >= 0.3 is 13.2 Å². The largest absolute Gasteiger partial charge is 0.461 e.